The minimum atomic E-state index is -0.725. The number of hydrogen-bond donors (Lipinski definition) is 3. The van der Waals surface area contributed by atoms with Crippen LogP contribution in [0, 0.1) is 0 Å². The minimum Gasteiger partial charge on any atom is -0.394 e. The lowest BCUT2D eigenvalue weighted by molar-refractivity contribution is 0.0918. The van der Waals surface area contributed by atoms with Gasteiger partial charge >= 0.3 is 0 Å². The zero-order valence-corrected chi connectivity index (χ0v) is 11.4. The van der Waals surface area contributed by atoms with E-state index < -0.39 is 6.10 Å². The maximum atomic E-state index is 9.51. The average molecular weight is 271 g/mol. The van der Waals surface area contributed by atoms with Gasteiger partial charge in [0.05, 0.1) is 12.7 Å². The van der Waals surface area contributed by atoms with Crippen molar-refractivity contribution in [3.8, 4) is 0 Å². The number of nitrogens with one attached hydrogen (secondary N) is 1. The number of rotatable bonds is 7. The first-order valence-corrected chi connectivity index (χ1v) is 6.90. The molecule has 0 heterocycles. The Labute approximate surface area is 119 Å². The van der Waals surface area contributed by atoms with Crippen molar-refractivity contribution in [2.24, 2.45) is 0 Å². The molecule has 0 radical (unpaired) electrons. The highest BCUT2D eigenvalue weighted by Gasteiger charge is 2.13. The van der Waals surface area contributed by atoms with Gasteiger partial charge in [-0.1, -0.05) is 60.7 Å². The Kier molecular flexibility index (Phi) is 5.74. The molecule has 2 aromatic carbocycles. The van der Waals surface area contributed by atoms with Gasteiger partial charge in [-0.2, -0.15) is 0 Å². The van der Waals surface area contributed by atoms with Crippen LogP contribution in [0.2, 0.25) is 0 Å². The number of hydrogen-bond acceptors (Lipinski definition) is 3. The van der Waals surface area contributed by atoms with E-state index in [9.17, 15) is 5.11 Å². The van der Waals surface area contributed by atoms with Gasteiger partial charge in [-0.15, -0.1) is 0 Å². The third-order valence-electron chi connectivity index (χ3n) is 3.30. The lowest BCUT2D eigenvalue weighted by Crippen LogP contribution is -2.33. The molecule has 0 aliphatic heterocycles. The zero-order valence-electron chi connectivity index (χ0n) is 11.4. The second-order valence-electron chi connectivity index (χ2n) is 4.90. The van der Waals surface area contributed by atoms with Crippen molar-refractivity contribution in [2.75, 3.05) is 13.2 Å². The van der Waals surface area contributed by atoms with E-state index in [1.54, 1.807) is 0 Å². The minimum absolute atomic E-state index is 0.125. The first-order chi connectivity index (χ1) is 9.79. The Morgan fingerprint density at radius 3 is 2.10 bits per heavy atom. The molecule has 0 aliphatic carbocycles. The smallest absolute Gasteiger partial charge is 0.0895 e. The van der Waals surface area contributed by atoms with Gasteiger partial charge in [0.1, 0.15) is 0 Å². The predicted octanol–water partition coefficient (Wildman–Crippen LogP) is 1.91. The molecule has 0 bridgehead atoms. The molecule has 0 saturated heterocycles. The monoisotopic (exact) mass is 271 g/mol. The standard InChI is InChI=1S/C17H21NO2/c19-13-16(20)12-18-17(15-9-5-2-6-10-15)11-14-7-3-1-4-8-14/h1-10,16-20H,11-13H2. The van der Waals surface area contributed by atoms with Gasteiger partial charge in [-0.05, 0) is 17.5 Å². The maximum Gasteiger partial charge on any atom is 0.0895 e. The molecule has 0 aromatic heterocycles. The fourth-order valence-corrected chi connectivity index (χ4v) is 2.19. The molecule has 0 aliphatic rings. The molecule has 106 valence electrons. The maximum absolute atomic E-state index is 9.51. The van der Waals surface area contributed by atoms with Crippen molar-refractivity contribution >= 4 is 0 Å². The van der Waals surface area contributed by atoms with Crippen LogP contribution in [-0.2, 0) is 6.42 Å². The third-order valence-corrected chi connectivity index (χ3v) is 3.30. The quantitative estimate of drug-likeness (QED) is 0.721. The number of aliphatic hydroxyl groups excluding tert-OH is 2. The molecule has 3 heteroatoms. The van der Waals surface area contributed by atoms with Gasteiger partial charge in [0.2, 0.25) is 0 Å². The molecule has 3 N–H and O–H groups in total. The van der Waals surface area contributed by atoms with E-state index in [1.165, 1.54) is 11.1 Å². The van der Waals surface area contributed by atoms with Crippen molar-refractivity contribution in [3.63, 3.8) is 0 Å². The third kappa shape index (κ3) is 4.46. The Balaban J connectivity index is 2.08. The summed E-state index contributed by atoms with van der Waals surface area (Å²) in [4.78, 5) is 0. The highest BCUT2D eigenvalue weighted by Crippen LogP contribution is 2.18. The van der Waals surface area contributed by atoms with Crippen LogP contribution in [0.1, 0.15) is 17.2 Å². The fraction of sp³-hybridized carbons (Fsp3) is 0.294. The van der Waals surface area contributed by atoms with Crippen LogP contribution in [-0.4, -0.2) is 29.5 Å². The van der Waals surface area contributed by atoms with E-state index in [-0.39, 0.29) is 12.6 Å². The Morgan fingerprint density at radius 2 is 1.50 bits per heavy atom. The van der Waals surface area contributed by atoms with Crippen LogP contribution in [0.5, 0.6) is 0 Å². The molecule has 0 spiro atoms. The van der Waals surface area contributed by atoms with E-state index in [2.05, 4.69) is 29.6 Å². The molecular formula is C17H21NO2. The van der Waals surface area contributed by atoms with Crippen molar-refractivity contribution in [3.05, 3.63) is 71.8 Å². The summed E-state index contributed by atoms with van der Waals surface area (Å²) >= 11 is 0. The molecule has 0 fully saturated rings. The number of benzene rings is 2. The SMILES string of the molecule is OCC(O)CNC(Cc1ccccc1)c1ccccc1. The summed E-state index contributed by atoms with van der Waals surface area (Å²) < 4.78 is 0. The highest BCUT2D eigenvalue weighted by atomic mass is 16.3. The second-order valence-corrected chi connectivity index (χ2v) is 4.90. The molecule has 0 saturated carbocycles. The molecule has 2 rings (SSSR count). The van der Waals surface area contributed by atoms with Crippen LogP contribution < -0.4 is 5.32 Å². The van der Waals surface area contributed by atoms with Crippen molar-refractivity contribution in [1.82, 2.24) is 5.32 Å². The second kappa shape index (κ2) is 7.80. The van der Waals surface area contributed by atoms with E-state index in [1.807, 2.05) is 36.4 Å². The average Bonchev–Trinajstić information content (AvgIpc) is 2.53. The van der Waals surface area contributed by atoms with Crippen LogP contribution >= 0.6 is 0 Å². The van der Waals surface area contributed by atoms with E-state index in [0.29, 0.717) is 6.54 Å². The normalized spacial score (nSPS) is 13.9. The first-order valence-electron chi connectivity index (χ1n) is 6.90. The summed E-state index contributed by atoms with van der Waals surface area (Å²) in [6.45, 7) is 0.155. The highest BCUT2D eigenvalue weighted by molar-refractivity contribution is 5.23. The fourth-order valence-electron chi connectivity index (χ4n) is 2.19. The Morgan fingerprint density at radius 1 is 0.900 bits per heavy atom. The van der Waals surface area contributed by atoms with E-state index in [0.717, 1.165) is 6.42 Å². The molecule has 2 atom stereocenters. The van der Waals surface area contributed by atoms with Crippen LogP contribution in [0.25, 0.3) is 0 Å². The van der Waals surface area contributed by atoms with Gasteiger partial charge < -0.3 is 15.5 Å². The predicted molar refractivity (Wildman–Crippen MR) is 80.4 cm³/mol. The van der Waals surface area contributed by atoms with Gasteiger partial charge in [0.15, 0.2) is 0 Å². The summed E-state index contributed by atoms with van der Waals surface area (Å²) in [5.41, 5.74) is 2.42. The van der Waals surface area contributed by atoms with Crippen LogP contribution in [0.15, 0.2) is 60.7 Å². The molecule has 0 amide bonds. The summed E-state index contributed by atoms with van der Waals surface area (Å²) in [7, 11) is 0. The van der Waals surface area contributed by atoms with Crippen molar-refractivity contribution in [1.29, 1.82) is 0 Å². The van der Waals surface area contributed by atoms with Crippen molar-refractivity contribution in [2.45, 2.75) is 18.6 Å². The Hall–Kier alpha value is -1.68. The summed E-state index contributed by atoms with van der Waals surface area (Å²) in [5.74, 6) is 0. The lowest BCUT2D eigenvalue weighted by atomic mass is 9.99. The largest absolute Gasteiger partial charge is 0.394 e. The van der Waals surface area contributed by atoms with Gasteiger partial charge in [-0.3, -0.25) is 0 Å². The summed E-state index contributed by atoms with van der Waals surface area (Å²) in [6, 6.07) is 20.5. The van der Waals surface area contributed by atoms with Crippen LogP contribution in [0.3, 0.4) is 0 Å². The molecule has 2 unspecified atom stereocenters. The van der Waals surface area contributed by atoms with Gasteiger partial charge in [0.25, 0.3) is 0 Å². The van der Waals surface area contributed by atoms with Crippen LogP contribution in [0.4, 0.5) is 0 Å². The molecule has 3 nitrogen and oxygen atoms in total. The molecule has 2 aromatic rings. The topological polar surface area (TPSA) is 52.5 Å². The number of aliphatic hydroxyl groups is 2. The Bertz CT molecular complexity index is 487. The molecular weight excluding hydrogens is 250 g/mol. The zero-order chi connectivity index (χ0) is 14.2. The lowest BCUT2D eigenvalue weighted by Gasteiger charge is -2.21. The van der Waals surface area contributed by atoms with E-state index in [4.69, 9.17) is 5.11 Å². The van der Waals surface area contributed by atoms with E-state index >= 15 is 0 Å². The molecule has 20 heavy (non-hydrogen) atoms. The summed E-state index contributed by atoms with van der Waals surface area (Å²) in [6.07, 6.45) is 0.125. The summed E-state index contributed by atoms with van der Waals surface area (Å²) in [5, 5.41) is 21.8. The van der Waals surface area contributed by atoms with Gasteiger partial charge in [-0.25, -0.2) is 0 Å². The van der Waals surface area contributed by atoms with Crippen molar-refractivity contribution < 1.29 is 10.2 Å². The first kappa shape index (κ1) is 14.7. The van der Waals surface area contributed by atoms with Gasteiger partial charge in [0, 0.05) is 12.6 Å².